The van der Waals surface area contributed by atoms with Gasteiger partial charge in [-0.05, 0) is 24.6 Å². The third kappa shape index (κ3) is 2.25. The van der Waals surface area contributed by atoms with Gasteiger partial charge in [0.15, 0.2) is 0 Å². The van der Waals surface area contributed by atoms with Crippen molar-refractivity contribution < 1.29 is 9.90 Å². The molecule has 0 saturated carbocycles. The van der Waals surface area contributed by atoms with Crippen LogP contribution in [0.25, 0.3) is 11.4 Å². The Kier molecular flexibility index (Phi) is 2.95. The van der Waals surface area contributed by atoms with Gasteiger partial charge in [0.2, 0.25) is 0 Å². The van der Waals surface area contributed by atoms with Crippen molar-refractivity contribution in [2.24, 2.45) is 0 Å². The fraction of sp³-hybridized carbons (Fsp3) is 0.133. The molecule has 2 heterocycles. The second kappa shape index (κ2) is 4.77. The summed E-state index contributed by atoms with van der Waals surface area (Å²) in [5.74, 6) is -0.171. The number of hydrogen-bond acceptors (Lipinski definition) is 3. The Morgan fingerprint density at radius 2 is 1.95 bits per heavy atom. The van der Waals surface area contributed by atoms with Crippen LogP contribution in [0.5, 0.6) is 0 Å². The summed E-state index contributed by atoms with van der Waals surface area (Å²) in [6.07, 6.45) is 3.77. The van der Waals surface area contributed by atoms with Crippen molar-refractivity contribution in [1.82, 2.24) is 14.5 Å². The summed E-state index contributed by atoms with van der Waals surface area (Å²) in [4.78, 5) is 19.8. The minimum Gasteiger partial charge on any atom is -0.478 e. The van der Waals surface area contributed by atoms with Crippen LogP contribution < -0.4 is 0 Å². The Labute approximate surface area is 115 Å². The van der Waals surface area contributed by atoms with Crippen LogP contribution in [0, 0.1) is 6.92 Å². The number of nitrogens with zero attached hydrogens (tertiary/aromatic N) is 3. The van der Waals surface area contributed by atoms with E-state index in [9.17, 15) is 9.90 Å². The van der Waals surface area contributed by atoms with E-state index in [4.69, 9.17) is 0 Å². The number of imidazole rings is 1. The van der Waals surface area contributed by atoms with Crippen LogP contribution in [-0.4, -0.2) is 25.6 Å². The summed E-state index contributed by atoms with van der Waals surface area (Å²) in [7, 11) is 0. The van der Waals surface area contributed by atoms with Crippen LogP contribution in [0.3, 0.4) is 0 Å². The van der Waals surface area contributed by atoms with Crippen molar-refractivity contribution in [1.29, 1.82) is 0 Å². The number of carboxylic acid groups (broad SMARTS) is 1. The fourth-order valence-electron chi connectivity index (χ4n) is 2.23. The van der Waals surface area contributed by atoms with Crippen LogP contribution in [-0.2, 0) is 6.54 Å². The maximum Gasteiger partial charge on any atom is 0.336 e. The van der Waals surface area contributed by atoms with E-state index in [1.54, 1.807) is 12.1 Å². The highest BCUT2D eigenvalue weighted by atomic mass is 16.4. The Hall–Kier alpha value is -2.69. The van der Waals surface area contributed by atoms with Crippen LogP contribution in [0.2, 0.25) is 0 Å². The number of rotatable bonds is 3. The Morgan fingerprint density at radius 3 is 2.75 bits per heavy atom. The van der Waals surface area contributed by atoms with E-state index in [0.29, 0.717) is 12.1 Å². The normalized spacial score (nSPS) is 10.8. The summed E-state index contributed by atoms with van der Waals surface area (Å²) < 4.78 is 1.91. The molecule has 0 radical (unpaired) electrons. The molecule has 100 valence electrons. The molecule has 3 rings (SSSR count). The van der Waals surface area contributed by atoms with E-state index in [1.165, 1.54) is 0 Å². The predicted molar refractivity (Wildman–Crippen MR) is 73.9 cm³/mol. The lowest BCUT2D eigenvalue weighted by molar-refractivity contribution is 0.0695. The van der Waals surface area contributed by atoms with Gasteiger partial charge in [-0.1, -0.05) is 18.2 Å². The summed E-state index contributed by atoms with van der Waals surface area (Å²) in [5, 5.41) is 9.19. The zero-order valence-electron chi connectivity index (χ0n) is 10.9. The number of aromatic nitrogens is 3. The van der Waals surface area contributed by atoms with Gasteiger partial charge in [0.05, 0.1) is 11.3 Å². The Morgan fingerprint density at radius 1 is 1.20 bits per heavy atom. The minimum atomic E-state index is -0.911. The number of hydrogen-bond donors (Lipinski definition) is 1. The molecule has 0 aromatic heterocycles. The number of aromatic carboxylic acids is 1. The highest BCUT2D eigenvalue weighted by Gasteiger charge is 2.11. The molecule has 5 nitrogen and oxygen atoms in total. The van der Waals surface area contributed by atoms with E-state index in [1.807, 2.05) is 42.1 Å². The third-order valence-corrected chi connectivity index (χ3v) is 3.14. The van der Waals surface area contributed by atoms with Gasteiger partial charge in [0.25, 0.3) is 0 Å². The number of pyridine rings is 1. The van der Waals surface area contributed by atoms with Crippen LogP contribution in [0.4, 0.5) is 0 Å². The van der Waals surface area contributed by atoms with Gasteiger partial charge in [-0.2, -0.15) is 0 Å². The maximum atomic E-state index is 11.2. The fourth-order valence-corrected chi connectivity index (χ4v) is 2.23. The molecule has 20 heavy (non-hydrogen) atoms. The standard InChI is InChI=1S/C15H13N3O2/c1-10-16-13-6-7-18(9-14(13)17-10)8-11-4-2-3-5-12(11)15(19)20/h2-7,9H,8H2,1H3,(H,19,20). The first-order valence-corrected chi connectivity index (χ1v) is 6.25. The van der Waals surface area contributed by atoms with Gasteiger partial charge < -0.3 is 9.67 Å². The number of benzene rings is 1. The van der Waals surface area contributed by atoms with Crippen molar-refractivity contribution in [3.05, 3.63) is 59.7 Å². The number of aryl methyl sites for hydroxylation is 1. The van der Waals surface area contributed by atoms with Gasteiger partial charge in [-0.15, -0.1) is 0 Å². The molecule has 0 spiro atoms. The van der Waals surface area contributed by atoms with Gasteiger partial charge >= 0.3 is 5.97 Å². The highest BCUT2D eigenvalue weighted by Crippen LogP contribution is 2.19. The average molecular weight is 267 g/mol. The molecule has 5 heteroatoms. The SMILES string of the molecule is Cc1nc2ccn(Cc3ccccc3C(=O)O)cc-2n1. The minimum absolute atomic E-state index is 0.324. The summed E-state index contributed by atoms with van der Waals surface area (Å²) in [5.41, 5.74) is 2.76. The van der Waals surface area contributed by atoms with E-state index < -0.39 is 5.97 Å². The van der Waals surface area contributed by atoms with Gasteiger partial charge in [0.1, 0.15) is 11.5 Å². The van der Waals surface area contributed by atoms with Crippen molar-refractivity contribution in [2.75, 3.05) is 0 Å². The topological polar surface area (TPSA) is 68.0 Å². The van der Waals surface area contributed by atoms with Crippen molar-refractivity contribution in [3.63, 3.8) is 0 Å². The molecular weight excluding hydrogens is 254 g/mol. The van der Waals surface area contributed by atoms with Crippen LogP contribution in [0.15, 0.2) is 42.7 Å². The molecule has 1 N–H and O–H groups in total. The number of fused-ring (bicyclic) bond motifs is 1. The average Bonchev–Trinajstić information content (AvgIpc) is 2.78. The quantitative estimate of drug-likeness (QED) is 0.791. The molecule has 0 aliphatic carbocycles. The zero-order valence-corrected chi connectivity index (χ0v) is 10.9. The van der Waals surface area contributed by atoms with Crippen molar-refractivity contribution >= 4 is 5.97 Å². The van der Waals surface area contributed by atoms with Gasteiger partial charge in [-0.3, -0.25) is 0 Å². The molecule has 0 fully saturated rings. The van der Waals surface area contributed by atoms with Crippen molar-refractivity contribution in [2.45, 2.75) is 13.5 Å². The molecule has 0 saturated heterocycles. The molecule has 1 aromatic rings. The lowest BCUT2D eigenvalue weighted by Gasteiger charge is -2.10. The first kappa shape index (κ1) is 12.3. The molecule has 1 aromatic carbocycles. The predicted octanol–water partition coefficient (Wildman–Crippen LogP) is 2.44. The smallest absolute Gasteiger partial charge is 0.336 e. The molecule has 2 aliphatic heterocycles. The molecule has 2 aliphatic rings. The summed E-state index contributed by atoms with van der Waals surface area (Å²) >= 11 is 0. The first-order chi connectivity index (χ1) is 9.63. The van der Waals surface area contributed by atoms with Gasteiger partial charge in [-0.25, -0.2) is 14.8 Å². The first-order valence-electron chi connectivity index (χ1n) is 6.25. The molecule has 0 bridgehead atoms. The monoisotopic (exact) mass is 267 g/mol. The largest absolute Gasteiger partial charge is 0.478 e. The van der Waals surface area contributed by atoms with E-state index in [2.05, 4.69) is 9.97 Å². The van der Waals surface area contributed by atoms with Crippen LogP contribution in [0.1, 0.15) is 21.7 Å². The second-order valence-electron chi connectivity index (χ2n) is 4.62. The third-order valence-electron chi connectivity index (χ3n) is 3.14. The maximum absolute atomic E-state index is 11.2. The Bertz CT molecular complexity index is 749. The molecule has 0 amide bonds. The lowest BCUT2D eigenvalue weighted by atomic mass is 10.1. The number of carboxylic acids is 1. The summed E-state index contributed by atoms with van der Waals surface area (Å²) in [6.45, 7) is 2.34. The van der Waals surface area contributed by atoms with E-state index in [0.717, 1.165) is 22.8 Å². The van der Waals surface area contributed by atoms with Gasteiger partial charge in [0, 0.05) is 18.9 Å². The molecule has 0 atom stereocenters. The number of carbonyl (C=O) groups is 1. The van der Waals surface area contributed by atoms with Crippen LogP contribution >= 0.6 is 0 Å². The highest BCUT2D eigenvalue weighted by molar-refractivity contribution is 5.89. The molecular formula is C15H13N3O2. The second-order valence-corrected chi connectivity index (χ2v) is 4.62. The summed E-state index contributed by atoms with van der Waals surface area (Å²) in [6, 6.07) is 8.89. The van der Waals surface area contributed by atoms with E-state index in [-0.39, 0.29) is 0 Å². The molecule has 0 unspecified atom stereocenters. The lowest BCUT2D eigenvalue weighted by Crippen LogP contribution is -2.07. The van der Waals surface area contributed by atoms with Crippen molar-refractivity contribution in [3.8, 4) is 11.4 Å². The zero-order chi connectivity index (χ0) is 14.1. The van der Waals surface area contributed by atoms with E-state index >= 15 is 0 Å². The Balaban J connectivity index is 1.98.